The lowest BCUT2D eigenvalue weighted by Gasteiger charge is -2.21. The van der Waals surface area contributed by atoms with E-state index in [1.807, 2.05) is 4.68 Å². The zero-order chi connectivity index (χ0) is 23.8. The topological polar surface area (TPSA) is 35.2 Å². The monoisotopic (exact) mass is 472 g/mol. The molecule has 33 heavy (non-hydrogen) atoms. The first-order valence-electron chi connectivity index (χ1n) is 13.0. The van der Waals surface area contributed by atoms with Gasteiger partial charge in [-0.3, -0.25) is 9.47 Å². The Balaban J connectivity index is 1.77. The molecule has 1 aliphatic carbocycles. The molecule has 1 atom stereocenters. The predicted octanol–water partition coefficient (Wildman–Crippen LogP) is 7.02. The Morgan fingerprint density at radius 3 is 2.45 bits per heavy atom. The van der Waals surface area contributed by atoms with Gasteiger partial charge in [0.05, 0.1) is 6.67 Å². The smallest absolute Gasteiger partial charge is 0.199 e. The quantitative estimate of drug-likeness (QED) is 0.261. The molecule has 0 aliphatic heterocycles. The van der Waals surface area contributed by atoms with Crippen LogP contribution < -0.4 is 4.74 Å². The lowest BCUT2D eigenvalue weighted by atomic mass is 10.0. The van der Waals surface area contributed by atoms with Crippen LogP contribution in [-0.4, -0.2) is 32.3 Å². The van der Waals surface area contributed by atoms with Gasteiger partial charge in [-0.15, -0.1) is 0 Å². The van der Waals surface area contributed by atoms with Gasteiger partial charge in [0.15, 0.2) is 10.6 Å². The van der Waals surface area contributed by atoms with E-state index in [1.54, 1.807) is 0 Å². The number of ether oxygens (including phenoxy) is 1. The average molecular weight is 473 g/mol. The van der Waals surface area contributed by atoms with E-state index in [-0.39, 0.29) is 0 Å². The standard InChI is InChI=1S/C27H44N4OS/c1-6-17-29(18-24-11-12-24)20-30-27(33)31(22(5)10-8-9-21(3)4)26(28-30)19-32-25-15-13-23(7-2)14-16-25/h13-16,21-22,24H,6-12,17-20H2,1-5H3/t22-/m1/s1. The maximum absolute atomic E-state index is 6.16. The third kappa shape index (κ3) is 7.96. The summed E-state index contributed by atoms with van der Waals surface area (Å²) in [6.07, 6.45) is 8.47. The van der Waals surface area contributed by atoms with Gasteiger partial charge >= 0.3 is 0 Å². The first-order chi connectivity index (χ1) is 15.9. The largest absolute Gasteiger partial charge is 0.486 e. The molecular formula is C27H44N4OS. The second-order valence-corrected chi connectivity index (χ2v) is 10.6. The van der Waals surface area contributed by atoms with E-state index in [0.717, 1.165) is 67.2 Å². The first kappa shape index (κ1) is 26.0. The fourth-order valence-corrected chi connectivity index (χ4v) is 4.79. The fourth-order valence-electron chi connectivity index (χ4n) is 4.41. The number of benzene rings is 1. The van der Waals surface area contributed by atoms with Gasteiger partial charge in [0.25, 0.3) is 0 Å². The normalized spacial score (nSPS) is 14.9. The first-order valence-corrected chi connectivity index (χ1v) is 13.4. The minimum Gasteiger partial charge on any atom is -0.486 e. The van der Waals surface area contributed by atoms with Gasteiger partial charge in [0.2, 0.25) is 0 Å². The minimum atomic E-state index is 0.314. The molecule has 3 rings (SSSR count). The summed E-state index contributed by atoms with van der Waals surface area (Å²) in [4.78, 5) is 2.52. The van der Waals surface area contributed by atoms with Gasteiger partial charge in [-0.1, -0.05) is 52.7 Å². The van der Waals surface area contributed by atoms with Crippen LogP contribution in [0.5, 0.6) is 5.75 Å². The van der Waals surface area contributed by atoms with E-state index in [0.29, 0.717) is 12.6 Å². The average Bonchev–Trinajstić information content (AvgIpc) is 3.55. The van der Waals surface area contributed by atoms with Gasteiger partial charge in [-0.25, -0.2) is 4.68 Å². The molecule has 0 N–H and O–H groups in total. The van der Waals surface area contributed by atoms with Gasteiger partial charge in [-0.2, -0.15) is 5.10 Å². The van der Waals surface area contributed by atoms with Crippen LogP contribution in [0.4, 0.5) is 0 Å². The summed E-state index contributed by atoms with van der Waals surface area (Å²) in [5.41, 5.74) is 1.32. The van der Waals surface area contributed by atoms with Crippen molar-refractivity contribution in [1.82, 2.24) is 19.2 Å². The van der Waals surface area contributed by atoms with Crippen LogP contribution in [0.3, 0.4) is 0 Å². The van der Waals surface area contributed by atoms with E-state index in [1.165, 1.54) is 31.2 Å². The van der Waals surface area contributed by atoms with Gasteiger partial charge in [0.1, 0.15) is 12.4 Å². The van der Waals surface area contributed by atoms with Crippen molar-refractivity contribution in [1.29, 1.82) is 0 Å². The Morgan fingerprint density at radius 1 is 1.12 bits per heavy atom. The van der Waals surface area contributed by atoms with Crippen molar-refractivity contribution >= 4 is 12.2 Å². The highest BCUT2D eigenvalue weighted by Gasteiger charge is 2.25. The molecule has 0 amide bonds. The summed E-state index contributed by atoms with van der Waals surface area (Å²) in [5.74, 6) is 3.40. The van der Waals surface area contributed by atoms with Crippen molar-refractivity contribution in [2.24, 2.45) is 11.8 Å². The summed E-state index contributed by atoms with van der Waals surface area (Å²) in [5, 5.41) is 4.98. The SMILES string of the molecule is CCCN(CC1CC1)Cn1nc(COc2ccc(CC)cc2)n([C@H](C)CCCC(C)C)c1=S. The molecule has 1 aliphatic rings. The highest BCUT2D eigenvalue weighted by Crippen LogP contribution is 2.30. The molecule has 2 aromatic rings. The van der Waals surface area contributed by atoms with Crippen LogP contribution in [0, 0.1) is 16.6 Å². The molecule has 1 aromatic heterocycles. The molecule has 184 valence electrons. The van der Waals surface area contributed by atoms with E-state index < -0.39 is 0 Å². The molecule has 5 nitrogen and oxygen atoms in total. The molecular weight excluding hydrogens is 428 g/mol. The van der Waals surface area contributed by atoms with E-state index in [9.17, 15) is 0 Å². The Hall–Kier alpha value is -1.66. The lowest BCUT2D eigenvalue weighted by Crippen LogP contribution is -2.30. The molecule has 0 radical (unpaired) electrons. The third-order valence-electron chi connectivity index (χ3n) is 6.57. The summed E-state index contributed by atoms with van der Waals surface area (Å²) < 4.78 is 11.3. The highest BCUT2D eigenvalue weighted by atomic mass is 32.1. The zero-order valence-electron chi connectivity index (χ0n) is 21.4. The van der Waals surface area contributed by atoms with Crippen LogP contribution in [-0.2, 0) is 19.7 Å². The van der Waals surface area contributed by atoms with Crippen LogP contribution in [0.2, 0.25) is 0 Å². The summed E-state index contributed by atoms with van der Waals surface area (Å²) in [6, 6.07) is 8.69. The molecule has 0 saturated heterocycles. The maximum Gasteiger partial charge on any atom is 0.199 e. The van der Waals surface area contributed by atoms with Crippen molar-refractivity contribution in [3.63, 3.8) is 0 Å². The van der Waals surface area contributed by atoms with E-state index >= 15 is 0 Å². The highest BCUT2D eigenvalue weighted by molar-refractivity contribution is 7.71. The molecule has 1 fully saturated rings. The maximum atomic E-state index is 6.16. The second kappa shape index (κ2) is 12.7. The van der Waals surface area contributed by atoms with Crippen molar-refractivity contribution in [2.75, 3.05) is 13.1 Å². The zero-order valence-corrected chi connectivity index (χ0v) is 22.2. The summed E-state index contributed by atoms with van der Waals surface area (Å²) >= 11 is 5.97. The number of rotatable bonds is 15. The van der Waals surface area contributed by atoms with Gasteiger partial charge in [0, 0.05) is 12.6 Å². The lowest BCUT2D eigenvalue weighted by molar-refractivity contribution is 0.196. The molecule has 0 spiro atoms. The van der Waals surface area contributed by atoms with Crippen molar-refractivity contribution in [3.8, 4) is 5.75 Å². The molecule has 0 bridgehead atoms. The summed E-state index contributed by atoms with van der Waals surface area (Å²) in [7, 11) is 0. The van der Waals surface area contributed by atoms with Crippen LogP contribution in [0.15, 0.2) is 24.3 Å². The molecule has 1 heterocycles. The van der Waals surface area contributed by atoms with Crippen molar-refractivity contribution in [2.45, 2.75) is 98.9 Å². The number of hydrogen-bond donors (Lipinski definition) is 0. The minimum absolute atomic E-state index is 0.314. The Labute approximate surface area is 206 Å². The van der Waals surface area contributed by atoms with Crippen LogP contribution >= 0.6 is 12.2 Å². The van der Waals surface area contributed by atoms with Crippen molar-refractivity contribution < 1.29 is 4.74 Å². The second-order valence-electron chi connectivity index (χ2n) is 10.2. The van der Waals surface area contributed by atoms with Gasteiger partial charge < -0.3 is 4.74 Å². The Kier molecular flexibility index (Phi) is 9.99. The third-order valence-corrected chi connectivity index (χ3v) is 6.98. The molecule has 6 heteroatoms. The molecule has 1 saturated carbocycles. The van der Waals surface area contributed by atoms with Crippen molar-refractivity contribution in [3.05, 3.63) is 40.4 Å². The fraction of sp³-hybridized carbons (Fsp3) is 0.704. The Morgan fingerprint density at radius 2 is 1.85 bits per heavy atom. The molecule has 0 unspecified atom stereocenters. The van der Waals surface area contributed by atoms with E-state index in [2.05, 4.69) is 68.4 Å². The number of aryl methyl sites for hydroxylation is 1. The number of hydrogen-bond acceptors (Lipinski definition) is 4. The number of aromatic nitrogens is 3. The predicted molar refractivity (Wildman–Crippen MR) is 139 cm³/mol. The Bertz CT molecular complexity index is 898. The van der Waals surface area contributed by atoms with Gasteiger partial charge in [-0.05, 0) is 87.3 Å². The van der Waals surface area contributed by atoms with E-state index in [4.69, 9.17) is 22.1 Å². The van der Waals surface area contributed by atoms with Crippen LogP contribution in [0.1, 0.15) is 90.6 Å². The summed E-state index contributed by atoms with van der Waals surface area (Å²) in [6.45, 7) is 14.7. The van der Waals surface area contributed by atoms with Crippen LogP contribution in [0.25, 0.3) is 0 Å². The molecule has 1 aromatic carbocycles. The number of nitrogens with zero attached hydrogens (tertiary/aromatic N) is 4.